The van der Waals surface area contributed by atoms with E-state index in [9.17, 15) is 9.59 Å². The van der Waals surface area contributed by atoms with Gasteiger partial charge in [-0.2, -0.15) is 0 Å². The van der Waals surface area contributed by atoms with E-state index < -0.39 is 11.9 Å². The molecule has 1 heterocycles. The summed E-state index contributed by atoms with van der Waals surface area (Å²) < 4.78 is 15.4. The molecule has 0 aliphatic rings. The monoisotopic (exact) mass is 365 g/mol. The number of H-pyrrole nitrogens is 1. The number of benzene rings is 2. The Balaban J connectivity index is 1.83. The summed E-state index contributed by atoms with van der Waals surface area (Å²) in [4.78, 5) is 26.8. The van der Waals surface area contributed by atoms with Crippen molar-refractivity contribution in [1.29, 1.82) is 0 Å². The van der Waals surface area contributed by atoms with Crippen molar-refractivity contribution in [1.82, 2.24) is 4.98 Å². The molecule has 27 heavy (non-hydrogen) atoms. The summed E-state index contributed by atoms with van der Waals surface area (Å²) in [6.07, 6.45) is 2.95. The van der Waals surface area contributed by atoms with Gasteiger partial charge in [0.1, 0.15) is 18.1 Å². The fourth-order valence-electron chi connectivity index (χ4n) is 2.70. The Kier molecular flexibility index (Phi) is 5.56. The predicted molar refractivity (Wildman–Crippen MR) is 101 cm³/mol. The van der Waals surface area contributed by atoms with Gasteiger partial charge in [-0.15, -0.1) is 0 Å². The Morgan fingerprint density at radius 2 is 1.85 bits per heavy atom. The van der Waals surface area contributed by atoms with E-state index in [1.165, 1.54) is 13.2 Å². The van der Waals surface area contributed by atoms with E-state index >= 15 is 0 Å². The van der Waals surface area contributed by atoms with Crippen molar-refractivity contribution in [3.8, 4) is 5.75 Å². The average Bonchev–Trinajstić information content (AvgIpc) is 3.15. The number of aromatic amines is 1. The van der Waals surface area contributed by atoms with Crippen LogP contribution in [0.15, 0.2) is 54.6 Å². The SMILES string of the molecule is COC(=O)c1cc2c(/C=C/C(=O)OCc3ccccc3)c(OC)ccc2[nH]1. The molecular formula is C21H19NO5. The van der Waals surface area contributed by atoms with Crippen molar-refractivity contribution >= 4 is 28.9 Å². The highest BCUT2D eigenvalue weighted by Gasteiger charge is 2.14. The molecule has 0 aliphatic heterocycles. The number of carbonyl (C=O) groups is 2. The summed E-state index contributed by atoms with van der Waals surface area (Å²) in [6, 6.07) is 14.7. The highest BCUT2D eigenvalue weighted by molar-refractivity contribution is 6.00. The van der Waals surface area contributed by atoms with Gasteiger partial charge in [0, 0.05) is 22.5 Å². The summed E-state index contributed by atoms with van der Waals surface area (Å²) >= 11 is 0. The van der Waals surface area contributed by atoms with Gasteiger partial charge in [-0.1, -0.05) is 30.3 Å². The highest BCUT2D eigenvalue weighted by Crippen LogP contribution is 2.30. The number of aromatic nitrogens is 1. The molecule has 6 heteroatoms. The zero-order chi connectivity index (χ0) is 19.2. The Morgan fingerprint density at radius 1 is 1.07 bits per heavy atom. The third kappa shape index (κ3) is 4.17. The van der Waals surface area contributed by atoms with Crippen LogP contribution in [0.1, 0.15) is 21.6 Å². The topological polar surface area (TPSA) is 77.6 Å². The fraction of sp³-hybridized carbons (Fsp3) is 0.143. The number of esters is 2. The van der Waals surface area contributed by atoms with E-state index in [1.54, 1.807) is 31.4 Å². The van der Waals surface area contributed by atoms with Gasteiger partial charge in [-0.3, -0.25) is 0 Å². The Morgan fingerprint density at radius 3 is 2.56 bits per heavy atom. The summed E-state index contributed by atoms with van der Waals surface area (Å²) in [5.74, 6) is -0.367. The standard InChI is InChI=1S/C21H19NO5/c1-25-19-10-9-17-16(12-18(22-17)21(24)26-2)15(19)8-11-20(23)27-13-14-6-4-3-5-7-14/h3-12,22H,13H2,1-2H3/b11-8+. The molecule has 0 fully saturated rings. The minimum absolute atomic E-state index is 0.196. The molecule has 1 N–H and O–H groups in total. The van der Waals surface area contributed by atoms with Gasteiger partial charge in [-0.05, 0) is 29.8 Å². The lowest BCUT2D eigenvalue weighted by Crippen LogP contribution is -2.00. The lowest BCUT2D eigenvalue weighted by molar-refractivity contribution is -0.138. The summed E-state index contributed by atoms with van der Waals surface area (Å²) in [6.45, 7) is 0.196. The van der Waals surface area contributed by atoms with Crippen molar-refractivity contribution in [2.24, 2.45) is 0 Å². The van der Waals surface area contributed by atoms with E-state index in [1.807, 2.05) is 30.3 Å². The molecule has 6 nitrogen and oxygen atoms in total. The molecule has 0 spiro atoms. The molecule has 0 bridgehead atoms. The summed E-state index contributed by atoms with van der Waals surface area (Å²) in [5.41, 5.74) is 2.63. The van der Waals surface area contributed by atoms with E-state index in [0.29, 0.717) is 17.0 Å². The number of methoxy groups -OCH3 is 2. The lowest BCUT2D eigenvalue weighted by Gasteiger charge is -2.06. The molecule has 0 atom stereocenters. The van der Waals surface area contributed by atoms with Crippen LogP contribution in [-0.4, -0.2) is 31.1 Å². The number of hydrogen-bond donors (Lipinski definition) is 1. The number of ether oxygens (including phenoxy) is 3. The van der Waals surface area contributed by atoms with Gasteiger partial charge in [0.2, 0.25) is 0 Å². The normalized spacial score (nSPS) is 10.9. The van der Waals surface area contributed by atoms with Gasteiger partial charge in [0.25, 0.3) is 0 Å². The second-order valence-electron chi connectivity index (χ2n) is 5.74. The molecule has 0 amide bonds. The molecule has 0 saturated carbocycles. The summed E-state index contributed by atoms with van der Waals surface area (Å²) in [5, 5.41) is 0.738. The minimum atomic E-state index is -0.471. The van der Waals surface area contributed by atoms with E-state index in [0.717, 1.165) is 16.5 Å². The fourth-order valence-corrected chi connectivity index (χ4v) is 2.70. The van der Waals surface area contributed by atoms with Crippen molar-refractivity contribution in [2.45, 2.75) is 6.61 Å². The molecule has 3 rings (SSSR count). The van der Waals surface area contributed by atoms with Crippen LogP contribution in [-0.2, 0) is 20.9 Å². The van der Waals surface area contributed by atoms with Gasteiger partial charge >= 0.3 is 11.9 Å². The van der Waals surface area contributed by atoms with Crippen molar-refractivity contribution in [2.75, 3.05) is 14.2 Å². The van der Waals surface area contributed by atoms with Crippen molar-refractivity contribution in [3.05, 3.63) is 71.4 Å². The quantitative estimate of drug-likeness (QED) is 0.532. The molecule has 0 saturated heterocycles. The molecule has 0 aliphatic carbocycles. The van der Waals surface area contributed by atoms with Crippen LogP contribution in [0.4, 0.5) is 0 Å². The lowest BCUT2D eigenvalue weighted by atomic mass is 10.1. The van der Waals surface area contributed by atoms with Gasteiger partial charge in [0.15, 0.2) is 0 Å². The first-order valence-corrected chi connectivity index (χ1v) is 8.29. The first kappa shape index (κ1) is 18.3. The van der Waals surface area contributed by atoms with Crippen LogP contribution < -0.4 is 4.74 Å². The van der Waals surface area contributed by atoms with Crippen LogP contribution in [0.3, 0.4) is 0 Å². The van der Waals surface area contributed by atoms with E-state index in [4.69, 9.17) is 14.2 Å². The van der Waals surface area contributed by atoms with Gasteiger partial charge < -0.3 is 19.2 Å². The van der Waals surface area contributed by atoms with Crippen LogP contribution >= 0.6 is 0 Å². The Labute approximate surface area is 156 Å². The third-order valence-corrected chi connectivity index (χ3v) is 4.04. The maximum Gasteiger partial charge on any atom is 0.354 e. The Hall–Kier alpha value is -3.54. The maximum atomic E-state index is 12.1. The zero-order valence-electron chi connectivity index (χ0n) is 15.0. The van der Waals surface area contributed by atoms with E-state index in [-0.39, 0.29) is 6.61 Å². The molecule has 0 unspecified atom stereocenters. The van der Waals surface area contributed by atoms with Crippen LogP contribution in [0.2, 0.25) is 0 Å². The number of hydrogen-bond acceptors (Lipinski definition) is 5. The molecule has 0 radical (unpaired) electrons. The zero-order valence-corrected chi connectivity index (χ0v) is 15.0. The van der Waals surface area contributed by atoms with Crippen molar-refractivity contribution in [3.63, 3.8) is 0 Å². The van der Waals surface area contributed by atoms with Crippen LogP contribution in [0, 0.1) is 0 Å². The molecule has 138 valence electrons. The number of fused-ring (bicyclic) bond motifs is 1. The first-order valence-electron chi connectivity index (χ1n) is 8.29. The smallest absolute Gasteiger partial charge is 0.354 e. The molecule has 1 aromatic heterocycles. The van der Waals surface area contributed by atoms with Crippen molar-refractivity contribution < 1.29 is 23.8 Å². The number of nitrogens with one attached hydrogen (secondary N) is 1. The average molecular weight is 365 g/mol. The number of rotatable bonds is 6. The van der Waals surface area contributed by atoms with Gasteiger partial charge in [-0.25, -0.2) is 9.59 Å². The number of carbonyl (C=O) groups excluding carboxylic acids is 2. The predicted octanol–water partition coefficient (Wildman–Crippen LogP) is 3.72. The minimum Gasteiger partial charge on any atom is -0.496 e. The van der Waals surface area contributed by atoms with Crippen LogP contribution in [0.25, 0.3) is 17.0 Å². The molecule has 2 aromatic carbocycles. The second-order valence-corrected chi connectivity index (χ2v) is 5.74. The van der Waals surface area contributed by atoms with Gasteiger partial charge in [0.05, 0.1) is 14.2 Å². The summed E-state index contributed by atoms with van der Waals surface area (Å²) in [7, 11) is 2.86. The highest BCUT2D eigenvalue weighted by atomic mass is 16.5. The van der Waals surface area contributed by atoms with Crippen LogP contribution in [0.5, 0.6) is 5.75 Å². The molecule has 3 aromatic rings. The first-order chi connectivity index (χ1) is 13.1. The third-order valence-electron chi connectivity index (χ3n) is 4.04. The largest absolute Gasteiger partial charge is 0.496 e. The maximum absolute atomic E-state index is 12.1. The Bertz CT molecular complexity index is 988. The second kappa shape index (κ2) is 8.23. The van der Waals surface area contributed by atoms with E-state index in [2.05, 4.69) is 4.98 Å². The molecular weight excluding hydrogens is 346 g/mol.